The molecule has 1 atom stereocenters. The Balaban J connectivity index is 1.16. The maximum absolute atomic E-state index is 5.46. The molecule has 9 nitrogen and oxygen atoms in total. The van der Waals surface area contributed by atoms with E-state index in [9.17, 15) is 0 Å². The maximum Gasteiger partial charge on any atom is 0.226 e. The molecule has 2 N–H and O–H groups in total. The van der Waals surface area contributed by atoms with E-state index >= 15 is 0 Å². The number of aromatic nitrogens is 3. The van der Waals surface area contributed by atoms with Crippen LogP contribution in [0.3, 0.4) is 0 Å². The Bertz CT molecular complexity index is 1040. The monoisotopic (exact) mass is 471 g/mol. The zero-order valence-corrected chi connectivity index (χ0v) is 20.3. The number of thiophene rings is 1. The van der Waals surface area contributed by atoms with Crippen LogP contribution in [-0.4, -0.2) is 84.0 Å². The van der Waals surface area contributed by atoms with E-state index in [1.165, 1.54) is 13.0 Å². The number of aryl methyl sites for hydroxylation is 2. The van der Waals surface area contributed by atoms with Gasteiger partial charge in [-0.05, 0) is 44.2 Å². The van der Waals surface area contributed by atoms with Crippen molar-refractivity contribution in [1.82, 2.24) is 24.9 Å². The summed E-state index contributed by atoms with van der Waals surface area (Å²) in [5.41, 5.74) is 1.96. The van der Waals surface area contributed by atoms with E-state index in [-0.39, 0.29) is 0 Å². The Hall–Kier alpha value is -2.27. The molecule has 2 aliphatic rings. The van der Waals surface area contributed by atoms with E-state index in [1.54, 1.807) is 11.3 Å². The molecular weight excluding hydrogens is 438 g/mol. The van der Waals surface area contributed by atoms with E-state index in [0.29, 0.717) is 18.4 Å². The minimum absolute atomic E-state index is 0.595. The molecule has 0 radical (unpaired) electrons. The van der Waals surface area contributed by atoms with Crippen molar-refractivity contribution in [3.8, 4) is 0 Å². The number of anilines is 2. The molecule has 178 valence electrons. The summed E-state index contributed by atoms with van der Waals surface area (Å²) in [4.78, 5) is 15.6. The molecule has 0 bridgehead atoms. The van der Waals surface area contributed by atoms with Gasteiger partial charge in [-0.25, -0.2) is 4.98 Å². The van der Waals surface area contributed by atoms with Gasteiger partial charge in [0.1, 0.15) is 16.4 Å². The minimum atomic E-state index is 0.595. The van der Waals surface area contributed by atoms with E-state index in [1.807, 2.05) is 13.8 Å². The Kier molecular flexibility index (Phi) is 7.05. The topological polar surface area (TPSA) is 91.6 Å². The molecule has 3 aromatic rings. The van der Waals surface area contributed by atoms with Crippen molar-refractivity contribution >= 4 is 33.3 Å². The van der Waals surface area contributed by atoms with Crippen molar-refractivity contribution in [2.75, 3.05) is 69.7 Å². The van der Waals surface area contributed by atoms with Crippen LogP contribution in [0.2, 0.25) is 0 Å². The summed E-state index contributed by atoms with van der Waals surface area (Å²) in [6, 6.07) is 2.10. The second-order valence-electron chi connectivity index (χ2n) is 8.98. The zero-order valence-electron chi connectivity index (χ0n) is 19.5. The summed E-state index contributed by atoms with van der Waals surface area (Å²) in [6.07, 6.45) is 1.23. The highest BCUT2D eigenvalue weighted by Crippen LogP contribution is 2.28. The van der Waals surface area contributed by atoms with Gasteiger partial charge in [0.2, 0.25) is 5.95 Å². The van der Waals surface area contributed by atoms with E-state index in [2.05, 4.69) is 37.0 Å². The smallest absolute Gasteiger partial charge is 0.226 e. The lowest BCUT2D eigenvalue weighted by atomic mass is 10.1. The number of hydrogen-bond donors (Lipinski definition) is 2. The lowest BCUT2D eigenvalue weighted by Crippen LogP contribution is -2.41. The van der Waals surface area contributed by atoms with Gasteiger partial charge in [0.05, 0.1) is 24.3 Å². The first-order chi connectivity index (χ1) is 16.2. The summed E-state index contributed by atoms with van der Waals surface area (Å²) in [5.74, 6) is 3.01. The molecule has 0 aromatic carbocycles. The van der Waals surface area contributed by atoms with Crippen LogP contribution >= 0.6 is 11.3 Å². The number of likely N-dealkylation sites (tertiary alicyclic amines) is 1. The standard InChI is InChI=1S/C23H33N7O2S/c1-16-20(17(2)32-28-16)14-25-23-26-21(19-4-12-33-22(19)27-23)24-13-18-3-5-30(15-18)7-6-29-8-10-31-11-9-29/h4,12,18H,3,5-11,13-15H2,1-2H3,(H2,24,25,26,27). The normalized spacial score (nSPS) is 20.0. The van der Waals surface area contributed by atoms with Gasteiger partial charge in [0.15, 0.2) is 0 Å². The Labute approximate surface area is 198 Å². The van der Waals surface area contributed by atoms with Crippen LogP contribution in [0, 0.1) is 19.8 Å². The van der Waals surface area contributed by atoms with Crippen molar-refractivity contribution in [2.45, 2.75) is 26.8 Å². The summed E-state index contributed by atoms with van der Waals surface area (Å²) in [5, 5.41) is 14.2. The third-order valence-corrected chi connectivity index (χ3v) is 7.50. The highest BCUT2D eigenvalue weighted by Gasteiger charge is 2.23. The van der Waals surface area contributed by atoms with E-state index in [0.717, 1.165) is 85.5 Å². The van der Waals surface area contributed by atoms with Crippen molar-refractivity contribution in [1.29, 1.82) is 0 Å². The average molecular weight is 472 g/mol. The highest BCUT2D eigenvalue weighted by atomic mass is 32.1. The van der Waals surface area contributed by atoms with Gasteiger partial charge in [-0.15, -0.1) is 11.3 Å². The number of hydrogen-bond acceptors (Lipinski definition) is 10. The molecule has 5 rings (SSSR count). The van der Waals surface area contributed by atoms with Gasteiger partial charge in [0, 0.05) is 51.4 Å². The number of nitrogens with one attached hydrogen (secondary N) is 2. The van der Waals surface area contributed by atoms with Crippen molar-refractivity contribution in [3.05, 3.63) is 28.5 Å². The van der Waals surface area contributed by atoms with Crippen molar-refractivity contribution in [2.24, 2.45) is 5.92 Å². The van der Waals surface area contributed by atoms with Crippen molar-refractivity contribution in [3.63, 3.8) is 0 Å². The number of nitrogens with zero attached hydrogens (tertiary/aromatic N) is 5. The molecule has 1 unspecified atom stereocenters. The van der Waals surface area contributed by atoms with Gasteiger partial charge in [0.25, 0.3) is 0 Å². The second-order valence-corrected chi connectivity index (χ2v) is 9.88. The first-order valence-electron chi connectivity index (χ1n) is 11.8. The fourth-order valence-electron chi connectivity index (χ4n) is 4.62. The number of fused-ring (bicyclic) bond motifs is 1. The van der Waals surface area contributed by atoms with Gasteiger partial charge in [-0.3, -0.25) is 4.90 Å². The van der Waals surface area contributed by atoms with Crippen LogP contribution in [0.4, 0.5) is 11.8 Å². The summed E-state index contributed by atoms with van der Waals surface area (Å²) < 4.78 is 10.7. The molecule has 0 saturated carbocycles. The Morgan fingerprint density at radius 2 is 1.94 bits per heavy atom. The molecule has 5 heterocycles. The summed E-state index contributed by atoms with van der Waals surface area (Å²) in [7, 11) is 0. The molecule has 2 saturated heterocycles. The molecule has 2 aliphatic heterocycles. The van der Waals surface area contributed by atoms with Crippen LogP contribution in [0.15, 0.2) is 16.0 Å². The zero-order chi connectivity index (χ0) is 22.6. The first kappa shape index (κ1) is 22.5. The molecule has 0 spiro atoms. The third-order valence-electron chi connectivity index (χ3n) is 6.69. The fourth-order valence-corrected chi connectivity index (χ4v) is 5.39. The predicted octanol–water partition coefficient (Wildman–Crippen LogP) is 2.97. The maximum atomic E-state index is 5.46. The molecule has 3 aromatic heterocycles. The van der Waals surface area contributed by atoms with Gasteiger partial charge >= 0.3 is 0 Å². The number of rotatable bonds is 9. The van der Waals surface area contributed by atoms with Crippen LogP contribution < -0.4 is 10.6 Å². The fraction of sp³-hybridized carbons (Fsp3) is 0.609. The van der Waals surface area contributed by atoms with E-state index < -0.39 is 0 Å². The summed E-state index contributed by atoms with van der Waals surface area (Å²) >= 11 is 1.64. The highest BCUT2D eigenvalue weighted by molar-refractivity contribution is 7.16. The first-order valence-corrected chi connectivity index (χ1v) is 12.7. The number of morpholine rings is 1. The quantitative estimate of drug-likeness (QED) is 0.489. The molecule has 33 heavy (non-hydrogen) atoms. The lowest BCUT2D eigenvalue weighted by molar-refractivity contribution is 0.0343. The number of ether oxygens (including phenoxy) is 1. The predicted molar refractivity (Wildman–Crippen MR) is 131 cm³/mol. The van der Waals surface area contributed by atoms with Gasteiger partial charge < -0.3 is 24.8 Å². The Morgan fingerprint density at radius 3 is 2.76 bits per heavy atom. The average Bonchev–Trinajstić information content (AvgIpc) is 3.56. The Morgan fingerprint density at radius 1 is 1.09 bits per heavy atom. The van der Waals surface area contributed by atoms with Gasteiger partial charge in [-0.1, -0.05) is 5.16 Å². The van der Waals surface area contributed by atoms with Crippen LogP contribution in [-0.2, 0) is 11.3 Å². The largest absolute Gasteiger partial charge is 0.379 e. The molecule has 0 amide bonds. The second kappa shape index (κ2) is 10.3. The van der Waals surface area contributed by atoms with Crippen molar-refractivity contribution < 1.29 is 9.26 Å². The summed E-state index contributed by atoms with van der Waals surface area (Å²) in [6.45, 7) is 13.9. The molecular formula is C23H33N7O2S. The van der Waals surface area contributed by atoms with Crippen LogP contribution in [0.25, 0.3) is 10.2 Å². The molecule has 2 fully saturated rings. The van der Waals surface area contributed by atoms with Crippen LogP contribution in [0.1, 0.15) is 23.4 Å². The van der Waals surface area contributed by atoms with E-state index in [4.69, 9.17) is 19.2 Å². The molecule has 0 aliphatic carbocycles. The third kappa shape index (κ3) is 5.46. The van der Waals surface area contributed by atoms with Crippen LogP contribution in [0.5, 0.6) is 0 Å². The lowest BCUT2D eigenvalue weighted by Gasteiger charge is -2.28. The minimum Gasteiger partial charge on any atom is -0.379 e. The molecule has 10 heteroatoms. The van der Waals surface area contributed by atoms with Gasteiger partial charge in [-0.2, -0.15) is 4.98 Å². The SMILES string of the molecule is Cc1noc(C)c1CNc1nc(NCC2CCN(CCN3CCOCC3)C2)c2ccsc2n1.